The molecule has 3 unspecified atom stereocenters. The molecule has 0 saturated carbocycles. The molecule has 0 fully saturated rings. The van der Waals surface area contributed by atoms with Crippen LogP contribution >= 0.6 is 11.8 Å². The summed E-state index contributed by atoms with van der Waals surface area (Å²) in [7, 11) is 0. The average Bonchev–Trinajstić information content (AvgIpc) is 2.66. The van der Waals surface area contributed by atoms with Gasteiger partial charge >= 0.3 is 11.9 Å². The molecule has 0 aromatic heterocycles. The largest absolute Gasteiger partial charge is 0.481 e. The molecule has 170 valence electrons. The van der Waals surface area contributed by atoms with E-state index < -0.39 is 66.7 Å². The van der Waals surface area contributed by atoms with E-state index in [0.29, 0.717) is 5.75 Å². The zero-order chi connectivity index (χ0) is 23.3. The maximum Gasteiger partial charge on any atom is 0.326 e. The highest BCUT2D eigenvalue weighted by molar-refractivity contribution is 7.98. The Bertz CT molecular complexity index is 660. The van der Waals surface area contributed by atoms with E-state index in [4.69, 9.17) is 21.7 Å². The van der Waals surface area contributed by atoms with E-state index in [2.05, 4.69) is 16.0 Å². The van der Waals surface area contributed by atoms with Crippen LogP contribution in [0.15, 0.2) is 0 Å². The predicted molar refractivity (Wildman–Crippen MR) is 106 cm³/mol. The van der Waals surface area contributed by atoms with Gasteiger partial charge in [0.05, 0.1) is 19.0 Å². The molecule has 30 heavy (non-hydrogen) atoms. The number of carbonyl (C=O) groups is 6. The quantitative estimate of drug-likeness (QED) is 0.134. The van der Waals surface area contributed by atoms with Crippen LogP contribution < -0.4 is 27.4 Å². The molecule has 0 aliphatic rings. The van der Waals surface area contributed by atoms with Crippen molar-refractivity contribution in [2.45, 2.75) is 43.8 Å². The Morgan fingerprint density at radius 3 is 2.10 bits per heavy atom. The van der Waals surface area contributed by atoms with Crippen molar-refractivity contribution in [3.05, 3.63) is 0 Å². The number of amides is 4. The molecule has 0 saturated heterocycles. The number of nitrogens with one attached hydrogen (secondary N) is 3. The van der Waals surface area contributed by atoms with Crippen molar-refractivity contribution in [1.29, 1.82) is 0 Å². The minimum absolute atomic E-state index is 0.113. The van der Waals surface area contributed by atoms with Crippen LogP contribution in [0.1, 0.15) is 25.7 Å². The molecule has 0 spiro atoms. The summed E-state index contributed by atoms with van der Waals surface area (Å²) in [5, 5.41) is 24.4. The molecule has 0 aromatic rings. The van der Waals surface area contributed by atoms with Crippen molar-refractivity contribution in [3.8, 4) is 0 Å². The van der Waals surface area contributed by atoms with Gasteiger partial charge in [-0.3, -0.25) is 24.0 Å². The number of carboxylic acids is 2. The highest BCUT2D eigenvalue weighted by Gasteiger charge is 2.27. The number of carbonyl (C=O) groups excluding carboxylic acids is 4. The number of nitrogens with two attached hydrogens (primary N) is 2. The molecule has 13 nitrogen and oxygen atoms in total. The molecule has 4 amide bonds. The van der Waals surface area contributed by atoms with Gasteiger partial charge in [-0.15, -0.1) is 0 Å². The first-order valence-electron chi connectivity index (χ1n) is 8.82. The van der Waals surface area contributed by atoms with E-state index in [1.807, 2.05) is 0 Å². The first kappa shape index (κ1) is 27.1. The summed E-state index contributed by atoms with van der Waals surface area (Å²) in [6, 6.07) is -3.78. The summed E-state index contributed by atoms with van der Waals surface area (Å²) >= 11 is 1.38. The summed E-state index contributed by atoms with van der Waals surface area (Å²) in [6.45, 7) is -0.522. The molecule has 0 aliphatic carbocycles. The van der Waals surface area contributed by atoms with E-state index in [9.17, 15) is 28.8 Å². The van der Waals surface area contributed by atoms with Gasteiger partial charge in [0.2, 0.25) is 23.6 Å². The van der Waals surface area contributed by atoms with Gasteiger partial charge in [0.25, 0.3) is 0 Å². The lowest BCUT2D eigenvalue weighted by atomic mass is 10.1. The summed E-state index contributed by atoms with van der Waals surface area (Å²) in [5.74, 6) is -5.34. The fourth-order valence-corrected chi connectivity index (χ4v) is 2.60. The van der Waals surface area contributed by atoms with Crippen molar-refractivity contribution in [3.63, 3.8) is 0 Å². The van der Waals surface area contributed by atoms with E-state index in [1.165, 1.54) is 11.8 Å². The Morgan fingerprint density at radius 1 is 0.967 bits per heavy atom. The minimum atomic E-state index is -1.55. The monoisotopic (exact) mass is 449 g/mol. The summed E-state index contributed by atoms with van der Waals surface area (Å²) in [6.07, 6.45) is 0.886. The van der Waals surface area contributed by atoms with Gasteiger partial charge in [-0.05, 0) is 24.9 Å². The standard InChI is InChI=1S/C16H27N5O8S/c1-30-5-4-9(15(27)21-10(16(28)29)6-11(18)22)20-12(23)7-19-14(26)8(17)2-3-13(24)25/h8-10H,2-7,17H2,1H3,(H2,18,22)(H,19,26)(H,20,23)(H,21,27)(H,24,25)(H,28,29). The number of aliphatic carboxylic acids is 2. The molecular formula is C16H27N5O8S. The van der Waals surface area contributed by atoms with Crippen molar-refractivity contribution < 1.29 is 39.0 Å². The van der Waals surface area contributed by atoms with Crippen molar-refractivity contribution in [2.75, 3.05) is 18.6 Å². The highest BCUT2D eigenvalue weighted by Crippen LogP contribution is 2.03. The smallest absolute Gasteiger partial charge is 0.326 e. The summed E-state index contributed by atoms with van der Waals surface area (Å²) in [5.41, 5.74) is 10.5. The van der Waals surface area contributed by atoms with Gasteiger partial charge in [-0.1, -0.05) is 0 Å². The molecule has 9 N–H and O–H groups in total. The van der Waals surface area contributed by atoms with Gasteiger partial charge in [0.15, 0.2) is 0 Å². The number of primary amides is 1. The van der Waals surface area contributed by atoms with E-state index >= 15 is 0 Å². The van der Waals surface area contributed by atoms with Crippen molar-refractivity contribution >= 4 is 47.3 Å². The van der Waals surface area contributed by atoms with Gasteiger partial charge in [-0.2, -0.15) is 11.8 Å². The SMILES string of the molecule is CSCCC(NC(=O)CNC(=O)C(N)CCC(=O)O)C(=O)NC(CC(N)=O)C(=O)O. The van der Waals surface area contributed by atoms with Crippen LogP contribution in [0.25, 0.3) is 0 Å². The number of hydrogen-bond donors (Lipinski definition) is 7. The zero-order valence-electron chi connectivity index (χ0n) is 16.4. The number of carboxylic acid groups (broad SMARTS) is 2. The maximum atomic E-state index is 12.4. The Kier molecular flexibility index (Phi) is 12.8. The lowest BCUT2D eigenvalue weighted by Crippen LogP contribution is -2.54. The molecule has 0 rings (SSSR count). The third-order valence-electron chi connectivity index (χ3n) is 3.71. The van der Waals surface area contributed by atoms with Crippen LogP contribution in [0.2, 0.25) is 0 Å². The van der Waals surface area contributed by atoms with E-state index in [1.54, 1.807) is 6.26 Å². The summed E-state index contributed by atoms with van der Waals surface area (Å²) < 4.78 is 0. The van der Waals surface area contributed by atoms with Crippen LogP contribution in [-0.4, -0.2) is 82.5 Å². The molecular weight excluding hydrogens is 422 g/mol. The Labute approximate surface area is 176 Å². The lowest BCUT2D eigenvalue weighted by molar-refractivity contribution is -0.143. The zero-order valence-corrected chi connectivity index (χ0v) is 17.2. The van der Waals surface area contributed by atoms with Crippen LogP contribution in [0.4, 0.5) is 0 Å². The highest BCUT2D eigenvalue weighted by atomic mass is 32.2. The van der Waals surface area contributed by atoms with Crippen molar-refractivity contribution in [2.24, 2.45) is 11.5 Å². The van der Waals surface area contributed by atoms with Gasteiger partial charge in [0, 0.05) is 6.42 Å². The molecule has 14 heteroatoms. The molecule has 0 bridgehead atoms. The first-order valence-corrected chi connectivity index (χ1v) is 10.2. The van der Waals surface area contributed by atoms with Crippen LogP contribution in [0, 0.1) is 0 Å². The van der Waals surface area contributed by atoms with E-state index in [-0.39, 0.29) is 19.3 Å². The molecule has 0 aliphatic heterocycles. The topological polar surface area (TPSA) is 231 Å². The maximum absolute atomic E-state index is 12.4. The van der Waals surface area contributed by atoms with E-state index in [0.717, 1.165) is 0 Å². The lowest BCUT2D eigenvalue weighted by Gasteiger charge is -2.21. The Hall–Kier alpha value is -2.87. The fourth-order valence-electron chi connectivity index (χ4n) is 2.13. The number of rotatable bonds is 15. The van der Waals surface area contributed by atoms with Crippen molar-refractivity contribution in [1.82, 2.24) is 16.0 Å². The van der Waals surface area contributed by atoms with Gasteiger partial charge in [0.1, 0.15) is 12.1 Å². The summed E-state index contributed by atoms with van der Waals surface area (Å²) in [4.78, 5) is 68.8. The van der Waals surface area contributed by atoms with Crippen LogP contribution in [0.5, 0.6) is 0 Å². The Morgan fingerprint density at radius 2 is 1.60 bits per heavy atom. The third kappa shape index (κ3) is 11.9. The van der Waals surface area contributed by atoms with Crippen LogP contribution in [-0.2, 0) is 28.8 Å². The fraction of sp³-hybridized carbons (Fsp3) is 0.625. The normalized spacial score (nSPS) is 13.4. The number of hydrogen-bond acceptors (Lipinski definition) is 8. The Balaban J connectivity index is 4.82. The molecule has 3 atom stereocenters. The second-order valence-corrected chi connectivity index (χ2v) is 7.21. The minimum Gasteiger partial charge on any atom is -0.481 e. The first-order chi connectivity index (χ1) is 14.0. The van der Waals surface area contributed by atoms with Gasteiger partial charge in [-0.25, -0.2) is 4.79 Å². The number of thioether (sulfide) groups is 1. The van der Waals surface area contributed by atoms with Gasteiger partial charge < -0.3 is 37.6 Å². The predicted octanol–water partition coefficient (Wildman–Crippen LogP) is -3.02. The van der Waals surface area contributed by atoms with Crippen LogP contribution in [0.3, 0.4) is 0 Å². The second kappa shape index (κ2) is 14.2. The third-order valence-corrected chi connectivity index (χ3v) is 4.36. The molecule has 0 aromatic carbocycles. The average molecular weight is 449 g/mol. The molecule has 0 heterocycles. The second-order valence-electron chi connectivity index (χ2n) is 6.23. The molecule has 0 radical (unpaired) electrons.